The number of alkyl halides is 3. The SMILES string of the molecule is O=C(Nc1cccnc1Br)c1ccccc1C(F)(F)F. The van der Waals surface area contributed by atoms with E-state index in [1.54, 1.807) is 6.07 Å². The lowest BCUT2D eigenvalue weighted by Crippen LogP contribution is -2.18. The number of nitrogens with one attached hydrogen (secondary N) is 1. The van der Waals surface area contributed by atoms with Gasteiger partial charge in [-0.25, -0.2) is 4.98 Å². The number of rotatable bonds is 2. The summed E-state index contributed by atoms with van der Waals surface area (Å²) < 4.78 is 38.8. The Morgan fingerprint density at radius 2 is 1.85 bits per heavy atom. The van der Waals surface area contributed by atoms with Crippen molar-refractivity contribution in [1.82, 2.24) is 4.98 Å². The van der Waals surface area contributed by atoms with Gasteiger partial charge >= 0.3 is 6.18 Å². The maximum absolute atomic E-state index is 12.8. The maximum Gasteiger partial charge on any atom is 0.417 e. The molecule has 0 aliphatic heterocycles. The van der Waals surface area contributed by atoms with Crippen LogP contribution in [0.2, 0.25) is 0 Å². The Hall–Kier alpha value is -1.89. The van der Waals surface area contributed by atoms with Crippen molar-refractivity contribution in [2.45, 2.75) is 6.18 Å². The summed E-state index contributed by atoms with van der Waals surface area (Å²) in [6, 6.07) is 7.71. The largest absolute Gasteiger partial charge is 0.417 e. The molecule has 0 fully saturated rings. The van der Waals surface area contributed by atoms with Gasteiger partial charge in [0, 0.05) is 6.20 Å². The van der Waals surface area contributed by atoms with Crippen molar-refractivity contribution in [3.05, 3.63) is 58.3 Å². The highest BCUT2D eigenvalue weighted by molar-refractivity contribution is 9.10. The monoisotopic (exact) mass is 344 g/mol. The number of aromatic nitrogens is 1. The quantitative estimate of drug-likeness (QED) is 0.833. The molecule has 7 heteroatoms. The zero-order chi connectivity index (χ0) is 14.8. The molecule has 1 amide bonds. The molecule has 0 unspecified atom stereocenters. The van der Waals surface area contributed by atoms with E-state index in [1.165, 1.54) is 24.4 Å². The average molecular weight is 345 g/mol. The van der Waals surface area contributed by atoms with Gasteiger partial charge in [0.1, 0.15) is 4.60 Å². The first-order valence-corrected chi connectivity index (χ1v) is 6.27. The van der Waals surface area contributed by atoms with E-state index in [9.17, 15) is 18.0 Å². The molecule has 0 saturated carbocycles. The van der Waals surface area contributed by atoms with Crippen LogP contribution in [-0.2, 0) is 6.18 Å². The Kier molecular flexibility index (Phi) is 4.08. The smallest absolute Gasteiger partial charge is 0.320 e. The Morgan fingerprint density at radius 3 is 2.50 bits per heavy atom. The number of halogens is 4. The Morgan fingerprint density at radius 1 is 1.15 bits per heavy atom. The second kappa shape index (κ2) is 5.62. The fourth-order valence-electron chi connectivity index (χ4n) is 1.60. The van der Waals surface area contributed by atoms with Crippen LogP contribution < -0.4 is 5.32 Å². The standard InChI is InChI=1S/C13H8BrF3N2O/c14-11-10(6-3-7-18-11)19-12(20)8-4-1-2-5-9(8)13(15,16)17/h1-7H,(H,19,20). The predicted molar refractivity (Wildman–Crippen MR) is 71.3 cm³/mol. The summed E-state index contributed by atoms with van der Waals surface area (Å²) in [5.41, 5.74) is -1.11. The van der Waals surface area contributed by atoms with Crippen LogP contribution in [0.15, 0.2) is 47.2 Å². The molecule has 1 N–H and O–H groups in total. The molecule has 0 saturated heterocycles. The van der Waals surface area contributed by atoms with E-state index in [4.69, 9.17) is 0 Å². The van der Waals surface area contributed by atoms with Gasteiger partial charge in [-0.05, 0) is 40.2 Å². The number of carbonyl (C=O) groups excluding carboxylic acids is 1. The van der Waals surface area contributed by atoms with Crippen LogP contribution in [0.25, 0.3) is 0 Å². The van der Waals surface area contributed by atoms with Crippen LogP contribution in [0.3, 0.4) is 0 Å². The number of pyridine rings is 1. The van der Waals surface area contributed by atoms with Gasteiger partial charge in [-0.15, -0.1) is 0 Å². The van der Waals surface area contributed by atoms with E-state index < -0.39 is 23.2 Å². The molecule has 2 aromatic rings. The summed E-state index contributed by atoms with van der Waals surface area (Å²) in [4.78, 5) is 15.9. The molecule has 20 heavy (non-hydrogen) atoms. The number of benzene rings is 1. The highest BCUT2D eigenvalue weighted by atomic mass is 79.9. The molecule has 3 nitrogen and oxygen atoms in total. The van der Waals surface area contributed by atoms with Gasteiger partial charge in [0.15, 0.2) is 0 Å². The third-order valence-electron chi connectivity index (χ3n) is 2.48. The van der Waals surface area contributed by atoms with Gasteiger partial charge < -0.3 is 5.32 Å². The number of carbonyl (C=O) groups is 1. The van der Waals surface area contributed by atoms with E-state index in [0.717, 1.165) is 12.1 Å². The molecule has 2 rings (SSSR count). The van der Waals surface area contributed by atoms with Crippen LogP contribution in [0.4, 0.5) is 18.9 Å². The van der Waals surface area contributed by atoms with Crippen molar-refractivity contribution in [3.8, 4) is 0 Å². The van der Waals surface area contributed by atoms with Gasteiger partial charge in [-0.3, -0.25) is 4.79 Å². The first kappa shape index (κ1) is 14.5. The summed E-state index contributed by atoms with van der Waals surface area (Å²) in [6.07, 6.45) is -3.09. The molecule has 0 spiro atoms. The van der Waals surface area contributed by atoms with Crippen LogP contribution in [-0.4, -0.2) is 10.9 Å². The Bertz CT molecular complexity index is 644. The summed E-state index contributed by atoms with van der Waals surface area (Å²) in [5, 5.41) is 2.39. The van der Waals surface area contributed by atoms with E-state index in [0.29, 0.717) is 10.3 Å². The van der Waals surface area contributed by atoms with E-state index in [-0.39, 0.29) is 0 Å². The Balaban J connectivity index is 2.34. The van der Waals surface area contributed by atoms with Crippen molar-refractivity contribution in [2.24, 2.45) is 0 Å². The minimum absolute atomic E-state index is 0.300. The van der Waals surface area contributed by atoms with Gasteiger partial charge in [0.2, 0.25) is 0 Å². The molecule has 0 radical (unpaired) electrons. The topological polar surface area (TPSA) is 42.0 Å². The number of nitrogens with zero attached hydrogens (tertiary/aromatic N) is 1. The Labute approximate surface area is 121 Å². The van der Waals surface area contributed by atoms with E-state index in [1.807, 2.05) is 0 Å². The third-order valence-corrected chi connectivity index (χ3v) is 3.12. The molecule has 0 atom stereocenters. The van der Waals surface area contributed by atoms with Crippen LogP contribution >= 0.6 is 15.9 Å². The third kappa shape index (κ3) is 3.16. The first-order valence-electron chi connectivity index (χ1n) is 5.47. The van der Waals surface area contributed by atoms with E-state index in [2.05, 4.69) is 26.2 Å². The lowest BCUT2D eigenvalue weighted by atomic mass is 10.1. The molecular formula is C13H8BrF3N2O. The molecule has 1 heterocycles. The maximum atomic E-state index is 12.8. The second-order valence-corrected chi connectivity index (χ2v) is 4.59. The molecule has 0 bridgehead atoms. The molecule has 0 aliphatic rings. The lowest BCUT2D eigenvalue weighted by molar-refractivity contribution is -0.137. The van der Waals surface area contributed by atoms with Crippen molar-refractivity contribution >= 4 is 27.5 Å². The fourth-order valence-corrected chi connectivity index (χ4v) is 1.95. The van der Waals surface area contributed by atoms with Crippen LogP contribution in [0.5, 0.6) is 0 Å². The number of amides is 1. The zero-order valence-corrected chi connectivity index (χ0v) is 11.5. The number of hydrogen-bond acceptors (Lipinski definition) is 2. The first-order chi connectivity index (χ1) is 9.39. The molecule has 0 aliphatic carbocycles. The molecule has 1 aromatic heterocycles. The van der Waals surface area contributed by atoms with Crippen LogP contribution in [0.1, 0.15) is 15.9 Å². The fraction of sp³-hybridized carbons (Fsp3) is 0.0769. The van der Waals surface area contributed by atoms with Crippen molar-refractivity contribution in [2.75, 3.05) is 5.32 Å². The van der Waals surface area contributed by atoms with Crippen LogP contribution in [0, 0.1) is 0 Å². The highest BCUT2D eigenvalue weighted by Crippen LogP contribution is 2.32. The zero-order valence-electron chi connectivity index (χ0n) is 9.91. The summed E-state index contributed by atoms with van der Waals surface area (Å²) in [5.74, 6) is -0.841. The summed E-state index contributed by atoms with van der Waals surface area (Å²) in [7, 11) is 0. The molecular weight excluding hydrogens is 337 g/mol. The minimum Gasteiger partial charge on any atom is -0.320 e. The van der Waals surface area contributed by atoms with Gasteiger partial charge in [-0.1, -0.05) is 12.1 Å². The average Bonchev–Trinajstić information content (AvgIpc) is 2.40. The predicted octanol–water partition coefficient (Wildman–Crippen LogP) is 4.12. The summed E-state index contributed by atoms with van der Waals surface area (Å²) >= 11 is 3.11. The van der Waals surface area contributed by atoms with Crippen molar-refractivity contribution in [3.63, 3.8) is 0 Å². The highest BCUT2D eigenvalue weighted by Gasteiger charge is 2.34. The number of anilines is 1. The minimum atomic E-state index is -4.58. The molecule has 104 valence electrons. The van der Waals surface area contributed by atoms with Gasteiger partial charge in [0.25, 0.3) is 5.91 Å². The molecule has 1 aromatic carbocycles. The van der Waals surface area contributed by atoms with Crippen molar-refractivity contribution < 1.29 is 18.0 Å². The van der Waals surface area contributed by atoms with Gasteiger partial charge in [-0.2, -0.15) is 13.2 Å². The summed E-state index contributed by atoms with van der Waals surface area (Å²) in [6.45, 7) is 0. The number of hydrogen-bond donors (Lipinski definition) is 1. The van der Waals surface area contributed by atoms with Gasteiger partial charge in [0.05, 0.1) is 16.8 Å². The lowest BCUT2D eigenvalue weighted by Gasteiger charge is -2.12. The van der Waals surface area contributed by atoms with E-state index >= 15 is 0 Å². The normalized spacial score (nSPS) is 11.2. The van der Waals surface area contributed by atoms with Crippen molar-refractivity contribution in [1.29, 1.82) is 0 Å². The second-order valence-electron chi connectivity index (χ2n) is 3.84.